The number of imidazole rings is 1. The summed E-state index contributed by atoms with van der Waals surface area (Å²) in [5, 5.41) is 9.90. The van der Waals surface area contributed by atoms with Crippen molar-refractivity contribution in [1.29, 1.82) is 0 Å². The van der Waals surface area contributed by atoms with E-state index < -0.39 is 82.7 Å². The molecule has 3 aromatic rings. The third-order valence-corrected chi connectivity index (χ3v) is 8.62. The molecule has 0 saturated heterocycles. The highest BCUT2D eigenvalue weighted by molar-refractivity contribution is 7.98. The van der Waals surface area contributed by atoms with Crippen LogP contribution in [-0.2, 0) is 44.4 Å². The van der Waals surface area contributed by atoms with Crippen LogP contribution in [0.4, 0.5) is 26.3 Å². The number of rotatable bonds is 18. The largest absolute Gasteiger partial charge is 0.416 e. The van der Waals surface area contributed by atoms with E-state index in [1.54, 1.807) is 50.4 Å². The number of halogens is 6. The quantitative estimate of drug-likeness (QED) is 0.106. The van der Waals surface area contributed by atoms with Crippen LogP contribution in [0.1, 0.15) is 59.4 Å². The number of primary amides is 1. The first kappa shape index (κ1) is 43.3. The van der Waals surface area contributed by atoms with Crippen LogP contribution >= 0.6 is 11.8 Å². The van der Waals surface area contributed by atoms with Gasteiger partial charge in [0, 0.05) is 30.3 Å². The second kappa shape index (κ2) is 19.3. The summed E-state index contributed by atoms with van der Waals surface area (Å²) in [6, 6.07) is 3.05. The van der Waals surface area contributed by atoms with Crippen LogP contribution in [0, 0.1) is 5.92 Å². The number of benzene rings is 2. The lowest BCUT2D eigenvalue weighted by atomic mass is 10.0. The van der Waals surface area contributed by atoms with Gasteiger partial charge in [-0.05, 0) is 54.5 Å². The number of nitrogens with two attached hydrogens (primary N) is 1. The Bertz CT molecular complexity index is 1710. The van der Waals surface area contributed by atoms with Crippen molar-refractivity contribution in [2.75, 3.05) is 12.0 Å². The minimum absolute atomic E-state index is 0.111. The van der Waals surface area contributed by atoms with Crippen molar-refractivity contribution in [3.63, 3.8) is 0 Å². The molecule has 5 amide bonds. The summed E-state index contributed by atoms with van der Waals surface area (Å²) in [5.41, 5.74) is 1.82. The van der Waals surface area contributed by atoms with Crippen LogP contribution in [0.2, 0.25) is 0 Å². The minimum Gasteiger partial charge on any atom is -0.368 e. The Kier molecular flexibility index (Phi) is 15.5. The molecule has 294 valence electrons. The number of aromatic amines is 1. The Morgan fingerprint density at radius 3 is 1.81 bits per heavy atom. The van der Waals surface area contributed by atoms with Crippen molar-refractivity contribution in [3.8, 4) is 0 Å². The molecule has 0 aliphatic heterocycles. The van der Waals surface area contributed by atoms with Gasteiger partial charge in [-0.2, -0.15) is 38.1 Å². The van der Waals surface area contributed by atoms with E-state index in [1.165, 1.54) is 24.3 Å². The lowest BCUT2D eigenvalue weighted by Gasteiger charge is -2.27. The molecule has 2 aromatic carbocycles. The molecule has 1 heterocycles. The maximum Gasteiger partial charge on any atom is 0.416 e. The molecule has 3 rings (SSSR count). The van der Waals surface area contributed by atoms with E-state index in [1.807, 2.05) is 0 Å². The topological polar surface area (TPSA) is 188 Å². The van der Waals surface area contributed by atoms with Crippen molar-refractivity contribution in [3.05, 3.63) is 89.0 Å². The first-order valence-corrected chi connectivity index (χ1v) is 18.0. The van der Waals surface area contributed by atoms with Crippen molar-refractivity contribution in [1.82, 2.24) is 31.2 Å². The first-order valence-electron chi connectivity index (χ1n) is 16.6. The Hall–Kier alpha value is -5.07. The SMILES string of the molecule is CSCC[C@H](NC(=O)[C@H](CC(C)C)NC(=O)[C@@H](Cc1cnc[nH]1)NC(=O)[C@H](Cc1ccccc1)NC(=O)c1cc(C(F)(F)F)cc(C(F)(F)F)c1)C(N)=O. The second-order valence-corrected chi connectivity index (χ2v) is 13.8. The Labute approximate surface area is 311 Å². The van der Waals surface area contributed by atoms with E-state index in [-0.39, 0.29) is 49.8 Å². The summed E-state index contributed by atoms with van der Waals surface area (Å²) in [6.45, 7) is 3.57. The molecule has 1 aromatic heterocycles. The molecule has 0 unspecified atom stereocenters. The zero-order valence-electron chi connectivity index (χ0n) is 29.4. The monoisotopic (exact) mass is 785 g/mol. The van der Waals surface area contributed by atoms with Crippen molar-refractivity contribution in [2.45, 2.75) is 76.1 Å². The summed E-state index contributed by atoms with van der Waals surface area (Å²) < 4.78 is 81.3. The van der Waals surface area contributed by atoms with E-state index in [4.69, 9.17) is 5.73 Å². The van der Waals surface area contributed by atoms with Gasteiger partial charge in [0.05, 0.1) is 17.5 Å². The van der Waals surface area contributed by atoms with Crippen LogP contribution < -0.4 is 27.0 Å². The van der Waals surface area contributed by atoms with Crippen molar-refractivity contribution < 1.29 is 50.3 Å². The number of nitrogens with one attached hydrogen (secondary N) is 5. The molecule has 4 atom stereocenters. The van der Waals surface area contributed by atoms with Gasteiger partial charge in [0.1, 0.15) is 24.2 Å². The summed E-state index contributed by atoms with van der Waals surface area (Å²) in [4.78, 5) is 73.1. The smallest absolute Gasteiger partial charge is 0.368 e. The molecular weight excluding hydrogens is 744 g/mol. The third kappa shape index (κ3) is 13.4. The Morgan fingerprint density at radius 2 is 1.31 bits per heavy atom. The normalized spacial score (nSPS) is 14.0. The summed E-state index contributed by atoms with van der Waals surface area (Å²) >= 11 is 1.43. The number of nitrogens with zero attached hydrogens (tertiary/aromatic N) is 1. The van der Waals surface area contributed by atoms with Gasteiger partial charge < -0.3 is 32.0 Å². The molecule has 0 fully saturated rings. The van der Waals surface area contributed by atoms with Gasteiger partial charge in [-0.3, -0.25) is 24.0 Å². The van der Waals surface area contributed by atoms with Crippen LogP contribution in [0.5, 0.6) is 0 Å². The zero-order valence-corrected chi connectivity index (χ0v) is 30.3. The molecule has 0 aliphatic rings. The summed E-state index contributed by atoms with van der Waals surface area (Å²) in [7, 11) is 0. The van der Waals surface area contributed by atoms with E-state index in [2.05, 4.69) is 31.2 Å². The van der Waals surface area contributed by atoms with Crippen molar-refractivity contribution >= 4 is 41.3 Å². The van der Waals surface area contributed by atoms with Crippen LogP contribution in [0.15, 0.2) is 61.1 Å². The number of amides is 5. The number of thioether (sulfide) groups is 1. The number of carbonyl (C=O) groups is 5. The number of aromatic nitrogens is 2. The molecule has 12 nitrogen and oxygen atoms in total. The van der Waals surface area contributed by atoms with Gasteiger partial charge in [0.2, 0.25) is 23.6 Å². The predicted octanol–water partition coefficient (Wildman–Crippen LogP) is 3.77. The highest BCUT2D eigenvalue weighted by atomic mass is 32.2. The molecule has 54 heavy (non-hydrogen) atoms. The number of H-pyrrole nitrogens is 1. The van der Waals surface area contributed by atoms with Gasteiger partial charge in [-0.15, -0.1) is 0 Å². The Morgan fingerprint density at radius 1 is 0.778 bits per heavy atom. The number of hydrogen-bond donors (Lipinski definition) is 6. The number of hydrogen-bond acceptors (Lipinski definition) is 7. The van der Waals surface area contributed by atoms with Crippen LogP contribution in [0.25, 0.3) is 0 Å². The van der Waals surface area contributed by atoms with Gasteiger partial charge >= 0.3 is 12.4 Å². The third-order valence-electron chi connectivity index (χ3n) is 7.98. The fourth-order valence-electron chi connectivity index (χ4n) is 5.25. The van der Waals surface area contributed by atoms with Crippen molar-refractivity contribution in [2.24, 2.45) is 11.7 Å². The lowest BCUT2D eigenvalue weighted by Crippen LogP contribution is -2.59. The standard InChI is InChI=1S/C35H41F6N7O5S/c1-19(2)11-26(31(51)45-25(29(42)49)9-10-54-3)47-33(53)28(16-24-17-43-18-44-24)48-32(52)27(12-20-7-5-4-6-8-20)46-30(50)21-13-22(34(36,37)38)15-23(14-21)35(39,40)41/h4-8,13-15,17-19,25-28H,9-12,16H2,1-3H3,(H2,42,49)(H,43,44)(H,45,51)(H,46,50)(H,47,53)(H,48,52)/t25-,26-,27-,28+/m0/s1. The van der Waals surface area contributed by atoms with Gasteiger partial charge in [0.25, 0.3) is 5.91 Å². The molecular formula is C35H41F6N7O5S. The minimum atomic E-state index is -5.23. The predicted molar refractivity (Wildman–Crippen MR) is 188 cm³/mol. The molecule has 0 saturated carbocycles. The molecule has 0 radical (unpaired) electrons. The maximum atomic E-state index is 13.9. The fraction of sp³-hybridized carbons (Fsp3) is 0.429. The number of carbonyl (C=O) groups excluding carboxylic acids is 5. The lowest BCUT2D eigenvalue weighted by molar-refractivity contribution is -0.143. The average Bonchev–Trinajstić information content (AvgIpc) is 3.61. The van der Waals surface area contributed by atoms with Gasteiger partial charge in [-0.1, -0.05) is 44.2 Å². The van der Waals surface area contributed by atoms with Crippen LogP contribution in [0.3, 0.4) is 0 Å². The van der Waals surface area contributed by atoms with Gasteiger partial charge in [-0.25, -0.2) is 4.98 Å². The summed E-state index contributed by atoms with van der Waals surface area (Å²) in [6.07, 6.45) is -6.15. The number of alkyl halides is 6. The average molecular weight is 786 g/mol. The molecule has 0 aliphatic carbocycles. The van der Waals surface area contributed by atoms with E-state index in [0.717, 1.165) is 0 Å². The molecule has 19 heteroatoms. The van der Waals surface area contributed by atoms with E-state index in [0.29, 0.717) is 17.0 Å². The first-order chi connectivity index (χ1) is 25.3. The second-order valence-electron chi connectivity index (χ2n) is 12.8. The van der Waals surface area contributed by atoms with E-state index >= 15 is 0 Å². The highest BCUT2D eigenvalue weighted by Crippen LogP contribution is 2.36. The summed E-state index contributed by atoms with van der Waals surface area (Å²) in [5.74, 6) is -4.42. The Balaban J connectivity index is 1.95. The van der Waals surface area contributed by atoms with Crippen LogP contribution in [-0.4, -0.2) is 75.7 Å². The van der Waals surface area contributed by atoms with Gasteiger partial charge in [0.15, 0.2) is 0 Å². The molecule has 0 spiro atoms. The molecule has 0 bridgehead atoms. The highest BCUT2D eigenvalue weighted by Gasteiger charge is 2.38. The zero-order chi connectivity index (χ0) is 40.2. The van der Waals surface area contributed by atoms with E-state index in [9.17, 15) is 50.3 Å². The maximum absolute atomic E-state index is 13.9. The molecule has 7 N–H and O–H groups in total. The fourth-order valence-corrected chi connectivity index (χ4v) is 5.72.